The van der Waals surface area contributed by atoms with E-state index < -0.39 is 66.0 Å². The summed E-state index contributed by atoms with van der Waals surface area (Å²) in [5.41, 5.74) is -1.11. The molecular weight excluding hydrogens is 532 g/mol. The molecule has 1 unspecified atom stereocenters. The van der Waals surface area contributed by atoms with Gasteiger partial charge in [0, 0.05) is 7.05 Å². The molecule has 39 heavy (non-hydrogen) atoms. The fourth-order valence-electron chi connectivity index (χ4n) is 4.28. The number of hydrogen-bond acceptors (Lipinski definition) is 4. The first-order valence-electron chi connectivity index (χ1n) is 12.3. The predicted molar refractivity (Wildman–Crippen MR) is 131 cm³/mol. The average molecular weight is 566 g/mol. The van der Waals surface area contributed by atoms with Crippen molar-refractivity contribution in [1.29, 1.82) is 0 Å². The summed E-state index contributed by atoms with van der Waals surface area (Å²) >= 11 is 0. The lowest BCUT2D eigenvalue weighted by molar-refractivity contribution is -0.159. The van der Waals surface area contributed by atoms with Gasteiger partial charge < -0.3 is 20.3 Å². The molecule has 7 nitrogen and oxygen atoms in total. The van der Waals surface area contributed by atoms with Crippen LogP contribution in [0.25, 0.3) is 0 Å². The molecule has 0 aliphatic heterocycles. The second-order valence-electron chi connectivity index (χ2n) is 10.6. The number of allylic oxidation sites excluding steroid dienone is 1. The predicted octanol–water partition coefficient (Wildman–Crippen LogP) is 6.12. The Kier molecular flexibility index (Phi) is 10.4. The van der Waals surface area contributed by atoms with Gasteiger partial charge in [0.15, 0.2) is 0 Å². The van der Waals surface area contributed by atoms with Gasteiger partial charge in [-0.3, -0.25) is 9.59 Å². The molecule has 0 spiro atoms. The lowest BCUT2D eigenvalue weighted by Crippen LogP contribution is -2.50. The molecule has 2 N–H and O–H groups in total. The van der Waals surface area contributed by atoms with Crippen LogP contribution in [0.5, 0.6) is 0 Å². The highest BCUT2D eigenvalue weighted by Gasteiger charge is 2.35. The number of nitrogens with zero attached hydrogens (tertiary/aromatic N) is 1. The molecule has 1 fully saturated rings. The average Bonchev–Trinajstić information content (AvgIpc) is 2.80. The van der Waals surface area contributed by atoms with Gasteiger partial charge in [0.1, 0.15) is 24.0 Å². The van der Waals surface area contributed by atoms with E-state index >= 15 is 0 Å². The SMILES string of the molecule is CC(C(=O)N(C)CC(F)(F)F)c1ccc(NC(=O)[C@@H](NC(=O)OC(C)(C)C)C2CCC(=C(F)F)CC2)c(F)c1. The van der Waals surface area contributed by atoms with Crippen molar-refractivity contribution >= 4 is 23.6 Å². The number of amides is 3. The zero-order chi connectivity index (χ0) is 29.7. The molecule has 0 aromatic heterocycles. The summed E-state index contributed by atoms with van der Waals surface area (Å²) in [4.78, 5) is 38.4. The van der Waals surface area contributed by atoms with Crippen LogP contribution in [-0.2, 0) is 14.3 Å². The first-order chi connectivity index (χ1) is 17.9. The molecule has 2 atom stereocenters. The summed E-state index contributed by atoms with van der Waals surface area (Å²) in [6.07, 6.45) is -6.86. The molecule has 218 valence electrons. The highest BCUT2D eigenvalue weighted by Crippen LogP contribution is 2.34. The Morgan fingerprint density at radius 3 is 2.18 bits per heavy atom. The second kappa shape index (κ2) is 12.7. The van der Waals surface area contributed by atoms with Crippen LogP contribution in [0.4, 0.5) is 36.8 Å². The van der Waals surface area contributed by atoms with Crippen LogP contribution in [0, 0.1) is 11.7 Å². The molecule has 3 amide bonds. The van der Waals surface area contributed by atoms with Crippen LogP contribution in [0.15, 0.2) is 29.9 Å². The Morgan fingerprint density at radius 2 is 1.69 bits per heavy atom. The van der Waals surface area contributed by atoms with Crippen molar-refractivity contribution in [2.45, 2.75) is 77.1 Å². The lowest BCUT2D eigenvalue weighted by atomic mass is 9.81. The molecule has 13 heteroatoms. The lowest BCUT2D eigenvalue weighted by Gasteiger charge is -2.31. The highest BCUT2D eigenvalue weighted by atomic mass is 19.4. The third kappa shape index (κ3) is 9.77. The fraction of sp³-hybridized carbons (Fsp3) is 0.577. The third-order valence-corrected chi connectivity index (χ3v) is 6.24. The minimum Gasteiger partial charge on any atom is -0.444 e. The summed E-state index contributed by atoms with van der Waals surface area (Å²) in [5, 5.41) is 4.83. The quantitative estimate of drug-likeness (QED) is 0.390. The third-order valence-electron chi connectivity index (χ3n) is 6.24. The molecule has 0 saturated heterocycles. The number of carbonyl (C=O) groups excluding carboxylic acids is 3. The van der Waals surface area contributed by atoms with Crippen LogP contribution in [0.2, 0.25) is 0 Å². The van der Waals surface area contributed by atoms with E-state index in [9.17, 15) is 40.7 Å². The van der Waals surface area contributed by atoms with E-state index in [1.165, 1.54) is 13.0 Å². The Labute approximate surface area is 222 Å². The Balaban J connectivity index is 2.20. The number of ether oxygens (including phenoxy) is 1. The summed E-state index contributed by atoms with van der Waals surface area (Å²) in [6, 6.07) is 2.15. The topological polar surface area (TPSA) is 87.7 Å². The number of carbonyl (C=O) groups is 3. The van der Waals surface area contributed by atoms with Crippen LogP contribution >= 0.6 is 0 Å². The van der Waals surface area contributed by atoms with Gasteiger partial charge in [0.2, 0.25) is 11.8 Å². The van der Waals surface area contributed by atoms with Crippen LogP contribution in [0.3, 0.4) is 0 Å². The van der Waals surface area contributed by atoms with Gasteiger partial charge in [-0.05, 0) is 82.6 Å². The van der Waals surface area contributed by atoms with Gasteiger partial charge in [0.25, 0.3) is 6.08 Å². The largest absolute Gasteiger partial charge is 0.444 e. The summed E-state index contributed by atoms with van der Waals surface area (Å²) < 4.78 is 84.0. The maximum atomic E-state index is 14.9. The van der Waals surface area contributed by atoms with E-state index in [4.69, 9.17) is 4.74 Å². The number of hydrogen-bond donors (Lipinski definition) is 2. The van der Waals surface area contributed by atoms with E-state index in [2.05, 4.69) is 10.6 Å². The van der Waals surface area contributed by atoms with Gasteiger partial charge in [-0.15, -0.1) is 0 Å². The van der Waals surface area contributed by atoms with E-state index in [0.29, 0.717) is 4.90 Å². The number of nitrogens with one attached hydrogen (secondary N) is 2. The van der Waals surface area contributed by atoms with E-state index in [-0.39, 0.29) is 42.5 Å². The molecule has 0 heterocycles. The second-order valence-corrected chi connectivity index (χ2v) is 10.6. The standard InChI is InChI=1S/C26H33F6N3O4/c1-14(23(37)35(5)13-26(30,31)32)17-10-11-19(18(27)12-17)33-22(36)20(34-24(38)39-25(2,3)4)15-6-8-16(9-7-15)21(28)29/h10-12,14-15,20H,6-9,13H2,1-5H3,(H,33,36)(H,34,38)/t14?,20-/m0/s1. The molecule has 0 bridgehead atoms. The number of anilines is 1. The van der Waals surface area contributed by atoms with E-state index in [1.54, 1.807) is 20.8 Å². The minimum atomic E-state index is -4.59. The Hall–Kier alpha value is -3.25. The van der Waals surface area contributed by atoms with Gasteiger partial charge in [0.05, 0.1) is 11.6 Å². The summed E-state index contributed by atoms with van der Waals surface area (Å²) in [5.74, 6) is -4.27. The first-order valence-corrected chi connectivity index (χ1v) is 12.3. The van der Waals surface area contributed by atoms with Crippen molar-refractivity contribution in [2.75, 3.05) is 18.9 Å². The molecule has 1 saturated carbocycles. The smallest absolute Gasteiger partial charge is 0.408 e. The van der Waals surface area contributed by atoms with Crippen molar-refractivity contribution in [3.8, 4) is 0 Å². The maximum Gasteiger partial charge on any atom is 0.408 e. The van der Waals surface area contributed by atoms with Crippen molar-refractivity contribution < 1.29 is 45.5 Å². The van der Waals surface area contributed by atoms with Gasteiger partial charge in [-0.1, -0.05) is 6.07 Å². The number of alkyl halides is 3. The zero-order valence-electron chi connectivity index (χ0n) is 22.3. The van der Waals surface area contributed by atoms with Crippen molar-refractivity contribution in [3.05, 3.63) is 41.2 Å². The monoisotopic (exact) mass is 565 g/mol. The van der Waals surface area contributed by atoms with E-state index in [1.807, 2.05) is 0 Å². The minimum absolute atomic E-state index is 0.0196. The van der Waals surface area contributed by atoms with Crippen molar-refractivity contribution in [3.63, 3.8) is 0 Å². The Bertz CT molecular complexity index is 1090. The number of alkyl carbamates (subject to hydrolysis) is 1. The molecule has 1 aliphatic carbocycles. The summed E-state index contributed by atoms with van der Waals surface area (Å²) in [6.45, 7) is 4.72. The molecule has 1 aliphatic rings. The number of halogens is 6. The number of benzene rings is 1. The Morgan fingerprint density at radius 1 is 1.10 bits per heavy atom. The zero-order valence-corrected chi connectivity index (χ0v) is 22.3. The number of likely N-dealkylation sites (N-methyl/N-ethyl adjacent to an activating group) is 1. The highest BCUT2D eigenvalue weighted by molar-refractivity contribution is 5.97. The molecule has 1 aromatic rings. The van der Waals surface area contributed by atoms with E-state index in [0.717, 1.165) is 19.2 Å². The number of rotatable bonds is 7. The molecule has 0 radical (unpaired) electrons. The van der Waals surface area contributed by atoms with Gasteiger partial charge in [-0.25, -0.2) is 9.18 Å². The van der Waals surface area contributed by atoms with Gasteiger partial charge in [-0.2, -0.15) is 22.0 Å². The van der Waals surface area contributed by atoms with Crippen molar-refractivity contribution in [2.24, 2.45) is 5.92 Å². The van der Waals surface area contributed by atoms with Gasteiger partial charge >= 0.3 is 12.3 Å². The molecule has 1 aromatic carbocycles. The summed E-state index contributed by atoms with van der Waals surface area (Å²) in [7, 11) is 0.987. The van der Waals surface area contributed by atoms with Crippen molar-refractivity contribution in [1.82, 2.24) is 10.2 Å². The molecular formula is C26H33F6N3O4. The normalized spacial score (nSPS) is 17.6. The van der Waals surface area contributed by atoms with Crippen LogP contribution < -0.4 is 10.6 Å². The maximum absolute atomic E-state index is 14.9. The fourth-order valence-corrected chi connectivity index (χ4v) is 4.28. The molecule has 2 rings (SSSR count). The van der Waals surface area contributed by atoms with Crippen LogP contribution in [-0.4, -0.2) is 54.2 Å². The van der Waals surface area contributed by atoms with Crippen LogP contribution in [0.1, 0.15) is 64.9 Å². The first kappa shape index (κ1) is 32.0.